The first-order valence-corrected chi connectivity index (χ1v) is 15.7. The molecule has 12 N–H and O–H groups in total. The predicted octanol–water partition coefficient (Wildman–Crippen LogP) is 0.516. The number of amides is 4. The molecule has 1 aromatic heterocycles. The van der Waals surface area contributed by atoms with E-state index in [-0.39, 0.29) is 38.2 Å². The molecule has 0 bridgehead atoms. The summed E-state index contributed by atoms with van der Waals surface area (Å²) in [6, 6.07) is 21.9. The number of H-pyrrole nitrogens is 1. The van der Waals surface area contributed by atoms with E-state index in [0.29, 0.717) is 6.42 Å². The highest BCUT2D eigenvalue weighted by molar-refractivity contribution is 5.95. The predicted molar refractivity (Wildman–Crippen MR) is 185 cm³/mol. The third kappa shape index (κ3) is 10.4. The number of primary amides is 1. The van der Waals surface area contributed by atoms with E-state index >= 15 is 0 Å². The smallest absolute Gasteiger partial charge is 0.243 e. The Morgan fingerprint density at radius 1 is 0.667 bits per heavy atom. The molecule has 0 aliphatic carbocycles. The van der Waals surface area contributed by atoms with Gasteiger partial charge in [-0.2, -0.15) is 0 Å². The van der Waals surface area contributed by atoms with Crippen LogP contribution in [0.15, 0.2) is 96.1 Å². The highest BCUT2D eigenvalue weighted by atomic mass is 16.2. The van der Waals surface area contributed by atoms with E-state index in [0.717, 1.165) is 27.6 Å². The Kier molecular flexibility index (Phi) is 12.7. The van der Waals surface area contributed by atoms with Gasteiger partial charge in [0.25, 0.3) is 0 Å². The zero-order chi connectivity index (χ0) is 34.5. The lowest BCUT2D eigenvalue weighted by Gasteiger charge is -2.25. The van der Waals surface area contributed by atoms with Gasteiger partial charge in [0.1, 0.15) is 18.1 Å². The maximum Gasteiger partial charge on any atom is 0.243 e. The van der Waals surface area contributed by atoms with Crippen LogP contribution in [0.2, 0.25) is 0 Å². The Bertz CT molecular complexity index is 1700. The average molecular weight is 654 g/mol. The topological polar surface area (TPSA) is 237 Å². The van der Waals surface area contributed by atoms with Crippen LogP contribution in [0.5, 0.6) is 0 Å². The van der Waals surface area contributed by atoms with Crippen LogP contribution in [0.1, 0.15) is 29.5 Å². The van der Waals surface area contributed by atoms with E-state index in [1.165, 1.54) is 0 Å². The van der Waals surface area contributed by atoms with Crippen molar-refractivity contribution in [2.75, 3.05) is 6.54 Å². The van der Waals surface area contributed by atoms with Crippen molar-refractivity contribution in [1.29, 1.82) is 0 Å². The molecule has 0 fully saturated rings. The van der Waals surface area contributed by atoms with E-state index in [9.17, 15) is 19.2 Å². The molecule has 3 aromatic carbocycles. The second kappa shape index (κ2) is 17.3. The minimum absolute atomic E-state index is 0.106. The van der Waals surface area contributed by atoms with Gasteiger partial charge in [-0.25, -0.2) is 0 Å². The number of benzene rings is 3. The molecule has 13 heteroatoms. The number of hydrogen-bond donors (Lipinski definition) is 8. The molecule has 0 aliphatic heterocycles. The number of aromatic nitrogens is 1. The fourth-order valence-electron chi connectivity index (χ4n) is 5.36. The summed E-state index contributed by atoms with van der Waals surface area (Å²) in [6.07, 6.45) is 2.77. The minimum Gasteiger partial charge on any atom is -0.370 e. The molecule has 4 amide bonds. The van der Waals surface area contributed by atoms with Gasteiger partial charge in [0, 0.05) is 36.5 Å². The summed E-state index contributed by atoms with van der Waals surface area (Å²) in [5, 5.41) is 9.16. The second-order valence-corrected chi connectivity index (χ2v) is 11.6. The number of rotatable bonds is 17. The third-order valence-corrected chi connectivity index (χ3v) is 7.89. The van der Waals surface area contributed by atoms with Crippen molar-refractivity contribution in [3.05, 3.63) is 108 Å². The Labute approximate surface area is 278 Å². The van der Waals surface area contributed by atoms with E-state index in [2.05, 4.69) is 25.9 Å². The number of nitrogens with zero attached hydrogens (tertiary/aromatic N) is 1. The van der Waals surface area contributed by atoms with Gasteiger partial charge >= 0.3 is 0 Å². The number of fused-ring (bicyclic) bond motifs is 1. The molecule has 0 saturated heterocycles. The summed E-state index contributed by atoms with van der Waals surface area (Å²) in [5.74, 6) is -2.59. The Morgan fingerprint density at radius 3 is 1.88 bits per heavy atom. The molecular weight excluding hydrogens is 610 g/mol. The second-order valence-electron chi connectivity index (χ2n) is 11.6. The van der Waals surface area contributed by atoms with E-state index < -0.39 is 47.8 Å². The van der Waals surface area contributed by atoms with Crippen molar-refractivity contribution >= 4 is 40.5 Å². The van der Waals surface area contributed by atoms with Crippen LogP contribution < -0.4 is 38.9 Å². The maximum atomic E-state index is 13.8. The summed E-state index contributed by atoms with van der Waals surface area (Å²) in [4.78, 5) is 60.4. The number of hydrogen-bond acceptors (Lipinski definition) is 6. The Balaban J connectivity index is 1.51. The van der Waals surface area contributed by atoms with Crippen molar-refractivity contribution < 1.29 is 19.2 Å². The molecule has 48 heavy (non-hydrogen) atoms. The lowest BCUT2D eigenvalue weighted by Crippen LogP contribution is -2.58. The van der Waals surface area contributed by atoms with Crippen molar-refractivity contribution in [3.8, 4) is 0 Å². The van der Waals surface area contributed by atoms with Gasteiger partial charge in [0.2, 0.25) is 23.6 Å². The molecule has 0 aliphatic rings. The number of aromatic amines is 1. The number of para-hydroxylation sites is 1. The number of nitrogens with two attached hydrogens (primary N) is 4. The largest absolute Gasteiger partial charge is 0.370 e. The van der Waals surface area contributed by atoms with Crippen molar-refractivity contribution in [1.82, 2.24) is 20.9 Å². The van der Waals surface area contributed by atoms with E-state index in [1.807, 2.05) is 84.9 Å². The normalized spacial score (nSPS) is 13.4. The summed E-state index contributed by atoms with van der Waals surface area (Å²) in [5.41, 5.74) is 26.2. The fourth-order valence-corrected chi connectivity index (χ4v) is 5.36. The summed E-state index contributed by atoms with van der Waals surface area (Å²) in [6.45, 7) is 0.203. The van der Waals surface area contributed by atoms with Gasteiger partial charge < -0.3 is 43.9 Å². The monoisotopic (exact) mass is 653 g/mol. The molecule has 13 nitrogen and oxygen atoms in total. The van der Waals surface area contributed by atoms with Crippen LogP contribution in [-0.2, 0) is 38.4 Å². The van der Waals surface area contributed by atoms with Gasteiger partial charge in [0.05, 0.1) is 6.04 Å². The van der Waals surface area contributed by atoms with Crippen LogP contribution in [0.3, 0.4) is 0 Å². The van der Waals surface area contributed by atoms with Gasteiger partial charge in [0.15, 0.2) is 5.96 Å². The molecule has 0 radical (unpaired) electrons. The number of carbonyl (C=O) groups is 4. The first kappa shape index (κ1) is 35.2. The highest BCUT2D eigenvalue weighted by Crippen LogP contribution is 2.19. The molecule has 0 spiro atoms. The fraction of sp³-hybridized carbons (Fsp3) is 0.286. The number of nitrogens with one attached hydrogen (secondary N) is 4. The van der Waals surface area contributed by atoms with Gasteiger partial charge in [-0.3, -0.25) is 24.2 Å². The van der Waals surface area contributed by atoms with Gasteiger partial charge in [-0.05, 0) is 42.0 Å². The van der Waals surface area contributed by atoms with Gasteiger partial charge in [-0.1, -0.05) is 78.9 Å². The van der Waals surface area contributed by atoms with E-state index in [1.54, 1.807) is 6.20 Å². The zero-order valence-electron chi connectivity index (χ0n) is 26.6. The summed E-state index contributed by atoms with van der Waals surface area (Å²) >= 11 is 0. The number of guanidine groups is 1. The number of carbonyl (C=O) groups excluding carboxylic acids is 4. The lowest BCUT2D eigenvalue weighted by molar-refractivity contribution is -0.133. The first-order valence-electron chi connectivity index (χ1n) is 15.7. The quantitative estimate of drug-likeness (QED) is 0.0456. The van der Waals surface area contributed by atoms with Crippen LogP contribution in [0.25, 0.3) is 10.9 Å². The van der Waals surface area contributed by atoms with Crippen LogP contribution >= 0.6 is 0 Å². The third-order valence-electron chi connectivity index (χ3n) is 7.89. The SMILES string of the molecule is NC(=O)[C@H](Cc1c[nH]c2ccccc12)NC(=O)[C@H](CCCN=C(N)N)NC(=O)[C@H](Cc1ccccc1)NC(=O)[C@@H](N)Cc1ccccc1. The maximum absolute atomic E-state index is 13.8. The molecule has 1 heterocycles. The van der Waals surface area contributed by atoms with Gasteiger partial charge in [-0.15, -0.1) is 0 Å². The Morgan fingerprint density at radius 2 is 1.23 bits per heavy atom. The zero-order valence-corrected chi connectivity index (χ0v) is 26.6. The lowest BCUT2D eigenvalue weighted by atomic mass is 10.0. The molecule has 4 aromatic rings. The molecular formula is C35H43N9O4. The molecule has 0 unspecified atom stereocenters. The molecule has 0 saturated carbocycles. The summed E-state index contributed by atoms with van der Waals surface area (Å²) < 4.78 is 0. The molecule has 252 valence electrons. The van der Waals surface area contributed by atoms with Crippen LogP contribution in [-0.4, -0.2) is 65.3 Å². The van der Waals surface area contributed by atoms with E-state index in [4.69, 9.17) is 22.9 Å². The average Bonchev–Trinajstić information content (AvgIpc) is 3.48. The van der Waals surface area contributed by atoms with Crippen LogP contribution in [0.4, 0.5) is 0 Å². The van der Waals surface area contributed by atoms with Crippen molar-refractivity contribution in [2.45, 2.75) is 56.3 Å². The molecule has 4 atom stereocenters. The molecule has 4 rings (SSSR count). The summed E-state index contributed by atoms with van der Waals surface area (Å²) in [7, 11) is 0. The first-order chi connectivity index (χ1) is 23.1. The van der Waals surface area contributed by atoms with Crippen molar-refractivity contribution in [2.24, 2.45) is 27.9 Å². The highest BCUT2D eigenvalue weighted by Gasteiger charge is 2.30. The minimum atomic E-state index is -1.11. The van der Waals surface area contributed by atoms with Crippen LogP contribution in [0, 0.1) is 0 Å². The Hall–Kier alpha value is -5.69. The number of aliphatic imine (C=N–C) groups is 1. The standard InChI is InChI=1S/C35H43N9O4/c36-26(18-22-10-3-1-4-11-22)32(46)44-30(19-23-12-5-2-6-13-23)34(48)42-28(16-9-17-40-35(38)39)33(47)43-29(31(37)45)20-24-21-41-27-15-8-7-14-25(24)27/h1-8,10-15,21,26,28-30,41H,9,16-20,36H2,(H2,37,45)(H,42,48)(H,43,47)(H,44,46)(H4,38,39,40)/t26-,28-,29-,30-/m0/s1. The van der Waals surface area contributed by atoms with Crippen molar-refractivity contribution in [3.63, 3.8) is 0 Å².